The Labute approximate surface area is 152 Å². The van der Waals surface area contributed by atoms with Crippen LogP contribution in [0.15, 0.2) is 53.3 Å². The highest BCUT2D eigenvalue weighted by molar-refractivity contribution is 5.60. The van der Waals surface area contributed by atoms with Crippen molar-refractivity contribution in [1.29, 1.82) is 0 Å². The largest absolute Gasteiger partial charge is 0.467 e. The average Bonchev–Trinajstić information content (AvgIpc) is 3.22. The first-order valence-electron chi connectivity index (χ1n) is 8.95. The number of nitrogens with one attached hydrogen (secondary N) is 2. The molecule has 2 N–H and O–H groups in total. The van der Waals surface area contributed by atoms with Gasteiger partial charge in [-0.3, -0.25) is 0 Å². The molecule has 0 aliphatic carbocycles. The Morgan fingerprint density at radius 3 is 2.65 bits per heavy atom. The second-order valence-corrected chi connectivity index (χ2v) is 6.32. The van der Waals surface area contributed by atoms with Crippen LogP contribution in [-0.2, 0) is 6.54 Å². The van der Waals surface area contributed by atoms with Crippen molar-refractivity contribution in [2.24, 2.45) is 0 Å². The van der Waals surface area contributed by atoms with Crippen LogP contribution in [-0.4, -0.2) is 28.3 Å². The van der Waals surface area contributed by atoms with Gasteiger partial charge in [-0.15, -0.1) is 5.10 Å². The third-order valence-electron chi connectivity index (χ3n) is 4.42. The Morgan fingerprint density at radius 1 is 1.04 bits per heavy atom. The normalized spacial score (nSPS) is 14.2. The first-order chi connectivity index (χ1) is 12.9. The van der Waals surface area contributed by atoms with Crippen LogP contribution in [0.5, 0.6) is 0 Å². The first kappa shape index (κ1) is 16.4. The third kappa shape index (κ3) is 4.11. The zero-order valence-corrected chi connectivity index (χ0v) is 14.6. The molecule has 1 fully saturated rings. The highest BCUT2D eigenvalue weighted by Gasteiger charge is 2.10. The van der Waals surface area contributed by atoms with Gasteiger partial charge >= 0.3 is 0 Å². The quantitative estimate of drug-likeness (QED) is 0.700. The molecule has 7 nitrogen and oxygen atoms in total. The fourth-order valence-corrected chi connectivity index (χ4v) is 3.07. The molecule has 3 heterocycles. The van der Waals surface area contributed by atoms with Crippen molar-refractivity contribution in [1.82, 2.24) is 15.2 Å². The molecule has 0 bridgehead atoms. The van der Waals surface area contributed by atoms with Gasteiger partial charge in [0, 0.05) is 24.5 Å². The summed E-state index contributed by atoms with van der Waals surface area (Å²) in [5.74, 6) is 1.92. The van der Waals surface area contributed by atoms with E-state index in [1.54, 1.807) is 12.5 Å². The summed E-state index contributed by atoms with van der Waals surface area (Å²) in [4.78, 5) is 6.87. The molecule has 0 atom stereocenters. The predicted octanol–water partition coefficient (Wildman–Crippen LogP) is 3.81. The Hall–Kier alpha value is -3.09. The van der Waals surface area contributed by atoms with Crippen LogP contribution in [0.1, 0.15) is 25.0 Å². The maximum Gasteiger partial charge on any atom is 0.245 e. The fourth-order valence-electron chi connectivity index (χ4n) is 3.07. The van der Waals surface area contributed by atoms with Crippen molar-refractivity contribution < 1.29 is 4.42 Å². The van der Waals surface area contributed by atoms with E-state index in [0.717, 1.165) is 24.5 Å². The molecule has 0 unspecified atom stereocenters. The predicted molar refractivity (Wildman–Crippen MR) is 102 cm³/mol. The van der Waals surface area contributed by atoms with Crippen molar-refractivity contribution in [2.75, 3.05) is 28.6 Å². The number of anilines is 4. The Bertz CT molecular complexity index is 812. The number of nitrogens with zero attached hydrogens (tertiary/aromatic N) is 4. The molecule has 4 rings (SSSR count). The van der Waals surface area contributed by atoms with Crippen molar-refractivity contribution >= 4 is 23.1 Å². The fraction of sp³-hybridized carbons (Fsp3) is 0.316. The number of benzene rings is 1. The lowest BCUT2D eigenvalue weighted by Gasteiger charge is -2.28. The highest BCUT2D eigenvalue weighted by Crippen LogP contribution is 2.23. The van der Waals surface area contributed by atoms with Gasteiger partial charge < -0.3 is 20.0 Å². The summed E-state index contributed by atoms with van der Waals surface area (Å²) in [5, 5.41) is 14.4. The van der Waals surface area contributed by atoms with E-state index >= 15 is 0 Å². The van der Waals surface area contributed by atoms with Crippen LogP contribution in [0.2, 0.25) is 0 Å². The van der Waals surface area contributed by atoms with E-state index in [-0.39, 0.29) is 0 Å². The van der Waals surface area contributed by atoms with Gasteiger partial charge in [0.1, 0.15) is 5.76 Å². The van der Waals surface area contributed by atoms with Crippen molar-refractivity contribution in [2.45, 2.75) is 25.8 Å². The number of piperidine rings is 1. The van der Waals surface area contributed by atoms with Gasteiger partial charge in [-0.05, 0) is 55.7 Å². The maximum absolute atomic E-state index is 5.28. The van der Waals surface area contributed by atoms with E-state index in [1.165, 1.54) is 24.9 Å². The van der Waals surface area contributed by atoms with E-state index in [4.69, 9.17) is 4.42 Å². The average molecular weight is 350 g/mol. The van der Waals surface area contributed by atoms with Gasteiger partial charge in [0.2, 0.25) is 5.95 Å². The zero-order valence-electron chi connectivity index (χ0n) is 14.6. The number of rotatable bonds is 6. The minimum absolute atomic E-state index is 0.455. The van der Waals surface area contributed by atoms with Crippen LogP contribution < -0.4 is 15.5 Å². The van der Waals surface area contributed by atoms with Gasteiger partial charge in [-0.2, -0.15) is 10.1 Å². The van der Waals surface area contributed by atoms with Gasteiger partial charge in [-0.1, -0.05) is 0 Å². The van der Waals surface area contributed by atoms with E-state index < -0.39 is 0 Å². The van der Waals surface area contributed by atoms with Crippen molar-refractivity contribution in [3.63, 3.8) is 0 Å². The van der Waals surface area contributed by atoms with E-state index in [2.05, 4.69) is 55.0 Å². The first-order valence-corrected chi connectivity index (χ1v) is 8.95. The van der Waals surface area contributed by atoms with Crippen LogP contribution in [0, 0.1) is 0 Å². The third-order valence-corrected chi connectivity index (χ3v) is 4.42. The monoisotopic (exact) mass is 350 g/mol. The van der Waals surface area contributed by atoms with Crippen LogP contribution >= 0.6 is 0 Å². The molecular formula is C19H22N6O. The van der Waals surface area contributed by atoms with E-state index in [1.807, 2.05) is 12.1 Å². The molecule has 0 saturated carbocycles. The summed E-state index contributed by atoms with van der Waals surface area (Å²) in [7, 11) is 0. The molecule has 0 spiro atoms. The molecule has 0 amide bonds. The lowest BCUT2D eigenvalue weighted by atomic mass is 10.1. The lowest BCUT2D eigenvalue weighted by molar-refractivity contribution is 0.517. The number of furan rings is 1. The van der Waals surface area contributed by atoms with E-state index in [0.29, 0.717) is 18.3 Å². The summed E-state index contributed by atoms with van der Waals surface area (Å²) in [6, 6.07) is 12.2. The van der Waals surface area contributed by atoms with Crippen molar-refractivity contribution in [3.05, 3.63) is 54.6 Å². The molecule has 1 saturated heterocycles. The molecule has 1 aromatic carbocycles. The minimum Gasteiger partial charge on any atom is -0.467 e. The van der Waals surface area contributed by atoms with E-state index in [9.17, 15) is 0 Å². The molecule has 2 aromatic heterocycles. The van der Waals surface area contributed by atoms with Crippen LogP contribution in [0.25, 0.3) is 0 Å². The zero-order chi connectivity index (χ0) is 17.6. The molecule has 1 aliphatic heterocycles. The number of aromatic nitrogens is 3. The summed E-state index contributed by atoms with van der Waals surface area (Å²) in [5.41, 5.74) is 2.25. The van der Waals surface area contributed by atoms with Crippen LogP contribution in [0.4, 0.5) is 23.1 Å². The summed E-state index contributed by atoms with van der Waals surface area (Å²) in [6.45, 7) is 2.81. The highest BCUT2D eigenvalue weighted by atomic mass is 16.3. The molecule has 3 aromatic rings. The van der Waals surface area contributed by atoms with Gasteiger partial charge in [0.05, 0.1) is 19.0 Å². The number of hydrogen-bond acceptors (Lipinski definition) is 7. The van der Waals surface area contributed by atoms with Crippen LogP contribution in [0.3, 0.4) is 0 Å². The number of hydrogen-bond donors (Lipinski definition) is 2. The molecule has 0 radical (unpaired) electrons. The molecule has 7 heteroatoms. The lowest BCUT2D eigenvalue weighted by Crippen LogP contribution is -2.29. The van der Waals surface area contributed by atoms with Crippen molar-refractivity contribution in [3.8, 4) is 0 Å². The maximum atomic E-state index is 5.28. The Kier molecular flexibility index (Phi) is 4.95. The topological polar surface area (TPSA) is 79.1 Å². The molecule has 1 aliphatic rings. The summed E-state index contributed by atoms with van der Waals surface area (Å²) in [6.07, 6.45) is 7.15. The second kappa shape index (κ2) is 7.86. The molecule has 26 heavy (non-hydrogen) atoms. The Morgan fingerprint density at radius 2 is 1.88 bits per heavy atom. The minimum atomic E-state index is 0.455. The van der Waals surface area contributed by atoms with Gasteiger partial charge in [0.25, 0.3) is 0 Å². The molecule has 134 valence electrons. The standard InChI is InChI=1S/C19H22N6O/c1-2-10-25(11-3-1)16-8-6-15(7-9-16)22-18-14-21-24-19(23-18)20-13-17-5-4-12-26-17/h4-9,12,14H,1-3,10-11,13H2,(H2,20,22,23,24). The summed E-state index contributed by atoms with van der Waals surface area (Å²) < 4.78 is 5.28. The smallest absolute Gasteiger partial charge is 0.245 e. The molecular weight excluding hydrogens is 328 g/mol. The van der Waals surface area contributed by atoms with Gasteiger partial charge in [0.15, 0.2) is 5.82 Å². The SMILES string of the molecule is c1coc(CNc2nncc(Nc3ccc(N4CCCCC4)cc3)n2)c1. The second-order valence-electron chi connectivity index (χ2n) is 6.32. The summed E-state index contributed by atoms with van der Waals surface area (Å²) >= 11 is 0. The Balaban J connectivity index is 1.38. The van der Waals surface area contributed by atoms with Gasteiger partial charge in [-0.25, -0.2) is 0 Å².